The molecule has 2 aliphatic rings. The molecule has 0 aromatic heterocycles. The Balaban J connectivity index is 1.78. The van der Waals surface area contributed by atoms with E-state index in [0.29, 0.717) is 6.54 Å². The molecule has 1 fully saturated rings. The van der Waals surface area contributed by atoms with E-state index in [9.17, 15) is 4.79 Å². The zero-order chi connectivity index (χ0) is 16.6. The highest BCUT2D eigenvalue weighted by Gasteiger charge is 2.43. The number of nitrogens with zero attached hydrogens (tertiary/aromatic N) is 1. The van der Waals surface area contributed by atoms with E-state index in [4.69, 9.17) is 4.74 Å². The quantitative estimate of drug-likeness (QED) is 0.938. The fourth-order valence-corrected chi connectivity index (χ4v) is 3.70. The molecule has 4 heteroatoms. The van der Waals surface area contributed by atoms with E-state index in [2.05, 4.69) is 24.4 Å². The van der Waals surface area contributed by atoms with Gasteiger partial charge in [-0.25, -0.2) is 0 Å². The number of rotatable bonds is 3. The van der Waals surface area contributed by atoms with Crippen LogP contribution in [0.1, 0.15) is 35.7 Å². The lowest BCUT2D eigenvalue weighted by atomic mass is 9.93. The molecule has 4 nitrogen and oxygen atoms in total. The highest BCUT2D eigenvalue weighted by Crippen LogP contribution is 2.38. The lowest BCUT2D eigenvalue weighted by molar-refractivity contribution is 0.0242. The first-order valence-electron chi connectivity index (χ1n) is 8.55. The molecular formula is C20H22N2O2. The first kappa shape index (κ1) is 15.2. The monoisotopic (exact) mass is 322 g/mol. The highest BCUT2D eigenvalue weighted by molar-refractivity contribution is 6.02. The Kier molecular flexibility index (Phi) is 3.77. The van der Waals surface area contributed by atoms with Crippen molar-refractivity contribution in [2.75, 3.05) is 18.5 Å². The van der Waals surface area contributed by atoms with Gasteiger partial charge in [-0.1, -0.05) is 42.5 Å². The van der Waals surface area contributed by atoms with Crippen LogP contribution in [0.25, 0.3) is 0 Å². The van der Waals surface area contributed by atoms with Crippen molar-refractivity contribution >= 4 is 11.6 Å². The minimum absolute atomic E-state index is 0.0613. The number of amides is 1. The van der Waals surface area contributed by atoms with Crippen molar-refractivity contribution in [3.63, 3.8) is 0 Å². The van der Waals surface area contributed by atoms with E-state index in [1.165, 1.54) is 0 Å². The van der Waals surface area contributed by atoms with Crippen molar-refractivity contribution in [1.82, 2.24) is 4.90 Å². The Hall–Kier alpha value is -2.33. The zero-order valence-electron chi connectivity index (χ0n) is 13.9. The van der Waals surface area contributed by atoms with Crippen molar-refractivity contribution < 1.29 is 9.53 Å². The van der Waals surface area contributed by atoms with Gasteiger partial charge in [-0.05, 0) is 37.5 Å². The summed E-state index contributed by atoms with van der Waals surface area (Å²) in [6.45, 7) is 3.47. The number of ether oxygens (including phenoxy) is 1. The van der Waals surface area contributed by atoms with E-state index in [0.717, 1.165) is 36.3 Å². The molecule has 24 heavy (non-hydrogen) atoms. The fourth-order valence-electron chi connectivity index (χ4n) is 3.70. The molecular weight excluding hydrogens is 300 g/mol. The molecule has 124 valence electrons. The SMILES string of the molecule is CC1(c2ccccc2)Nc2ccccc2C(=O)N1CC1CCCO1. The van der Waals surface area contributed by atoms with Gasteiger partial charge in [0.15, 0.2) is 0 Å². The molecule has 0 radical (unpaired) electrons. The van der Waals surface area contributed by atoms with Crippen molar-refractivity contribution in [3.8, 4) is 0 Å². The van der Waals surface area contributed by atoms with E-state index < -0.39 is 5.66 Å². The molecule has 0 saturated carbocycles. The number of benzene rings is 2. The first-order valence-corrected chi connectivity index (χ1v) is 8.55. The molecule has 1 amide bonds. The second-order valence-corrected chi connectivity index (χ2v) is 6.66. The summed E-state index contributed by atoms with van der Waals surface area (Å²) in [5, 5.41) is 3.59. The van der Waals surface area contributed by atoms with Crippen LogP contribution in [-0.2, 0) is 10.4 Å². The number of anilines is 1. The van der Waals surface area contributed by atoms with Crippen LogP contribution in [0.5, 0.6) is 0 Å². The van der Waals surface area contributed by atoms with Crippen molar-refractivity contribution in [3.05, 3.63) is 65.7 Å². The summed E-state index contributed by atoms with van der Waals surface area (Å²) in [4.78, 5) is 15.2. The predicted molar refractivity (Wildman–Crippen MR) is 93.9 cm³/mol. The van der Waals surface area contributed by atoms with E-state index in [1.807, 2.05) is 47.4 Å². The van der Waals surface area contributed by atoms with Crippen LogP contribution in [0, 0.1) is 0 Å². The molecule has 0 bridgehead atoms. The Bertz CT molecular complexity index is 740. The minimum Gasteiger partial charge on any atom is -0.376 e. The summed E-state index contributed by atoms with van der Waals surface area (Å²) >= 11 is 0. The van der Waals surface area contributed by atoms with Crippen LogP contribution in [0.15, 0.2) is 54.6 Å². The number of fused-ring (bicyclic) bond motifs is 1. The van der Waals surface area contributed by atoms with Crippen LogP contribution in [0.3, 0.4) is 0 Å². The summed E-state index contributed by atoms with van der Waals surface area (Å²) < 4.78 is 5.80. The van der Waals surface area contributed by atoms with Gasteiger partial charge in [0.25, 0.3) is 5.91 Å². The van der Waals surface area contributed by atoms with Crippen LogP contribution in [0.4, 0.5) is 5.69 Å². The maximum absolute atomic E-state index is 13.2. The maximum atomic E-state index is 13.2. The molecule has 0 spiro atoms. The molecule has 2 aromatic carbocycles. The number of hydrogen-bond donors (Lipinski definition) is 1. The van der Waals surface area contributed by atoms with Crippen LogP contribution in [0.2, 0.25) is 0 Å². The van der Waals surface area contributed by atoms with Gasteiger partial charge >= 0.3 is 0 Å². The lowest BCUT2D eigenvalue weighted by Crippen LogP contribution is -2.57. The summed E-state index contributed by atoms with van der Waals surface area (Å²) in [7, 11) is 0. The number of carbonyl (C=O) groups is 1. The second-order valence-electron chi connectivity index (χ2n) is 6.66. The largest absolute Gasteiger partial charge is 0.376 e. The molecule has 2 heterocycles. The molecule has 0 aliphatic carbocycles. The molecule has 2 atom stereocenters. The normalized spacial score (nSPS) is 26.1. The van der Waals surface area contributed by atoms with Gasteiger partial charge in [0.2, 0.25) is 0 Å². The summed E-state index contributed by atoms with van der Waals surface area (Å²) in [6.07, 6.45) is 2.19. The average molecular weight is 322 g/mol. The lowest BCUT2D eigenvalue weighted by Gasteiger charge is -2.47. The topological polar surface area (TPSA) is 41.6 Å². The number of para-hydroxylation sites is 1. The first-order chi connectivity index (χ1) is 11.7. The van der Waals surface area contributed by atoms with Gasteiger partial charge < -0.3 is 15.0 Å². The van der Waals surface area contributed by atoms with Crippen molar-refractivity contribution in [2.24, 2.45) is 0 Å². The molecule has 4 rings (SSSR count). The predicted octanol–water partition coefficient (Wildman–Crippen LogP) is 3.61. The third kappa shape index (κ3) is 2.47. The Morgan fingerprint density at radius 1 is 1.17 bits per heavy atom. The van der Waals surface area contributed by atoms with Gasteiger partial charge in [-0.15, -0.1) is 0 Å². The van der Waals surface area contributed by atoms with Crippen LogP contribution >= 0.6 is 0 Å². The second kappa shape index (κ2) is 5.95. The van der Waals surface area contributed by atoms with E-state index >= 15 is 0 Å². The zero-order valence-corrected chi connectivity index (χ0v) is 13.9. The highest BCUT2D eigenvalue weighted by atomic mass is 16.5. The van der Waals surface area contributed by atoms with Crippen molar-refractivity contribution in [1.29, 1.82) is 0 Å². The fraction of sp³-hybridized carbons (Fsp3) is 0.350. The Morgan fingerprint density at radius 3 is 2.67 bits per heavy atom. The summed E-state index contributed by atoms with van der Waals surface area (Å²) in [5.74, 6) is 0.0613. The van der Waals surface area contributed by atoms with E-state index in [1.54, 1.807) is 0 Å². The minimum atomic E-state index is -0.585. The van der Waals surface area contributed by atoms with Gasteiger partial charge in [-0.2, -0.15) is 0 Å². The Labute approximate surface area is 142 Å². The number of hydrogen-bond acceptors (Lipinski definition) is 3. The maximum Gasteiger partial charge on any atom is 0.258 e. The third-order valence-corrected chi connectivity index (χ3v) is 5.07. The smallest absolute Gasteiger partial charge is 0.258 e. The molecule has 2 unspecified atom stereocenters. The third-order valence-electron chi connectivity index (χ3n) is 5.07. The van der Waals surface area contributed by atoms with Gasteiger partial charge in [-0.3, -0.25) is 4.79 Å². The van der Waals surface area contributed by atoms with E-state index in [-0.39, 0.29) is 12.0 Å². The van der Waals surface area contributed by atoms with Gasteiger partial charge in [0.05, 0.1) is 11.7 Å². The average Bonchev–Trinajstić information content (AvgIpc) is 3.13. The summed E-state index contributed by atoms with van der Waals surface area (Å²) in [6, 6.07) is 17.9. The molecule has 2 aromatic rings. The Morgan fingerprint density at radius 2 is 1.92 bits per heavy atom. The standard InChI is InChI=1S/C20H22N2O2/c1-20(15-8-3-2-4-9-15)21-18-12-6-5-11-17(18)19(23)22(20)14-16-10-7-13-24-16/h2-6,8-9,11-12,16,21H,7,10,13-14H2,1H3. The number of nitrogens with one attached hydrogen (secondary N) is 1. The van der Waals surface area contributed by atoms with Gasteiger partial charge in [0.1, 0.15) is 5.66 Å². The van der Waals surface area contributed by atoms with Crippen LogP contribution < -0.4 is 5.32 Å². The van der Waals surface area contributed by atoms with Crippen molar-refractivity contribution in [2.45, 2.75) is 31.5 Å². The molecule has 1 N–H and O–H groups in total. The summed E-state index contributed by atoms with van der Waals surface area (Å²) in [5.41, 5.74) is 2.10. The molecule has 2 aliphatic heterocycles. The van der Waals surface area contributed by atoms with Gasteiger partial charge in [0, 0.05) is 18.8 Å². The van der Waals surface area contributed by atoms with Crippen LogP contribution in [-0.4, -0.2) is 30.1 Å². The number of carbonyl (C=O) groups excluding carboxylic acids is 1. The molecule has 1 saturated heterocycles.